The SMILES string of the molecule is CC(C)=c1ccc(=c2ccc(=C(C)C)cc2N)c(N)c1. The maximum absolute atomic E-state index is 6.18. The van der Waals surface area contributed by atoms with Crippen LogP contribution in [-0.2, 0) is 0 Å². The van der Waals surface area contributed by atoms with Crippen molar-refractivity contribution in [3.63, 3.8) is 0 Å². The topological polar surface area (TPSA) is 52.0 Å². The molecule has 0 radical (unpaired) electrons. The molecule has 0 aromatic heterocycles. The van der Waals surface area contributed by atoms with Crippen LogP contribution in [0.25, 0.3) is 11.1 Å². The second kappa shape index (κ2) is 5.41. The molecule has 2 rings (SSSR count). The quantitative estimate of drug-likeness (QED) is 0.720. The van der Waals surface area contributed by atoms with Gasteiger partial charge >= 0.3 is 0 Å². The average molecular weight is 266 g/mol. The lowest BCUT2D eigenvalue weighted by Crippen LogP contribution is -2.07. The van der Waals surface area contributed by atoms with Crippen molar-refractivity contribution in [2.45, 2.75) is 27.7 Å². The predicted molar refractivity (Wildman–Crippen MR) is 88.1 cm³/mol. The van der Waals surface area contributed by atoms with Crippen molar-refractivity contribution >= 4 is 22.5 Å². The minimum Gasteiger partial charge on any atom is -0.398 e. The molecular weight excluding hydrogens is 244 g/mol. The van der Waals surface area contributed by atoms with E-state index >= 15 is 0 Å². The first-order chi connectivity index (χ1) is 9.40. The van der Waals surface area contributed by atoms with Gasteiger partial charge in [-0.15, -0.1) is 0 Å². The molecule has 0 saturated carbocycles. The van der Waals surface area contributed by atoms with Crippen molar-refractivity contribution < 1.29 is 0 Å². The third-order valence-electron chi connectivity index (χ3n) is 3.55. The lowest BCUT2D eigenvalue weighted by molar-refractivity contribution is 1.41. The number of rotatable bonds is 0. The van der Waals surface area contributed by atoms with E-state index in [2.05, 4.69) is 39.8 Å². The molecule has 0 aliphatic rings. The van der Waals surface area contributed by atoms with Crippen LogP contribution in [0.1, 0.15) is 27.7 Å². The van der Waals surface area contributed by atoms with Gasteiger partial charge in [-0.2, -0.15) is 0 Å². The van der Waals surface area contributed by atoms with E-state index in [4.69, 9.17) is 11.5 Å². The number of nitrogens with two attached hydrogens (primary N) is 2. The number of benzene rings is 2. The lowest BCUT2D eigenvalue weighted by atomic mass is 10.1. The van der Waals surface area contributed by atoms with Gasteiger partial charge in [0.15, 0.2) is 0 Å². The van der Waals surface area contributed by atoms with E-state index in [1.807, 2.05) is 24.3 Å². The molecule has 0 saturated heterocycles. The summed E-state index contributed by atoms with van der Waals surface area (Å²) in [7, 11) is 0. The summed E-state index contributed by atoms with van der Waals surface area (Å²) in [4.78, 5) is 0. The normalized spacial score (nSPS) is 12.2. The predicted octanol–water partition coefficient (Wildman–Crippen LogP) is 2.52. The molecule has 0 atom stereocenters. The Balaban J connectivity index is 2.91. The number of anilines is 2. The molecule has 0 fully saturated rings. The van der Waals surface area contributed by atoms with Crippen LogP contribution >= 0.6 is 0 Å². The van der Waals surface area contributed by atoms with Crippen LogP contribution in [-0.4, -0.2) is 0 Å². The standard InChI is InChI=1S/C18H22N2/c1-11(2)13-5-7-15(17(19)9-13)16-8-6-14(12(3)4)10-18(16)20/h5-10H,19-20H2,1-4H3. The second-order valence-corrected chi connectivity index (χ2v) is 5.60. The minimum absolute atomic E-state index is 0.764. The van der Waals surface area contributed by atoms with Gasteiger partial charge in [0.25, 0.3) is 0 Å². The van der Waals surface area contributed by atoms with Crippen molar-refractivity contribution in [3.8, 4) is 0 Å². The first kappa shape index (κ1) is 14.2. The molecule has 2 heteroatoms. The molecule has 0 heterocycles. The van der Waals surface area contributed by atoms with Gasteiger partial charge in [-0.05, 0) is 50.3 Å². The Hall–Kier alpha value is -2.22. The van der Waals surface area contributed by atoms with E-state index in [0.29, 0.717) is 0 Å². The molecule has 0 bridgehead atoms. The van der Waals surface area contributed by atoms with Crippen LogP contribution in [0.5, 0.6) is 0 Å². The number of hydrogen-bond donors (Lipinski definition) is 2. The highest BCUT2D eigenvalue weighted by atomic mass is 14.6. The fourth-order valence-corrected chi connectivity index (χ4v) is 2.24. The van der Waals surface area contributed by atoms with Crippen LogP contribution < -0.4 is 21.9 Å². The summed E-state index contributed by atoms with van der Waals surface area (Å²) in [6.07, 6.45) is 0. The summed E-state index contributed by atoms with van der Waals surface area (Å²) in [5, 5.41) is 4.32. The average Bonchev–Trinajstić information content (AvgIpc) is 2.38. The smallest absolute Gasteiger partial charge is 0.0400 e. The monoisotopic (exact) mass is 266 g/mol. The first-order valence-electron chi connectivity index (χ1n) is 6.80. The Morgan fingerprint density at radius 3 is 1.25 bits per heavy atom. The van der Waals surface area contributed by atoms with Crippen molar-refractivity contribution in [2.24, 2.45) is 0 Å². The maximum Gasteiger partial charge on any atom is 0.0400 e. The molecule has 2 nitrogen and oxygen atoms in total. The van der Waals surface area contributed by atoms with E-state index in [1.54, 1.807) is 0 Å². The summed E-state index contributed by atoms with van der Waals surface area (Å²) in [5.41, 5.74) is 16.4. The van der Waals surface area contributed by atoms with Gasteiger partial charge in [0.2, 0.25) is 0 Å². The second-order valence-electron chi connectivity index (χ2n) is 5.60. The third kappa shape index (κ3) is 2.69. The molecule has 2 aromatic carbocycles. The van der Waals surface area contributed by atoms with E-state index in [0.717, 1.165) is 21.8 Å². The van der Waals surface area contributed by atoms with Crippen molar-refractivity contribution in [3.05, 3.63) is 57.3 Å². The van der Waals surface area contributed by atoms with Crippen LogP contribution in [0.15, 0.2) is 36.4 Å². The van der Waals surface area contributed by atoms with E-state index < -0.39 is 0 Å². The zero-order chi connectivity index (χ0) is 14.9. The van der Waals surface area contributed by atoms with Gasteiger partial charge in [0.1, 0.15) is 0 Å². The molecule has 0 spiro atoms. The Morgan fingerprint density at radius 1 is 0.650 bits per heavy atom. The summed E-state index contributed by atoms with van der Waals surface area (Å²) < 4.78 is 0. The third-order valence-corrected chi connectivity index (χ3v) is 3.55. The molecule has 0 unspecified atom stereocenters. The Labute approximate surface area is 119 Å². The minimum atomic E-state index is 0.764. The molecular formula is C18H22N2. The molecule has 2 aromatic rings. The highest BCUT2D eigenvalue weighted by Crippen LogP contribution is 2.09. The van der Waals surface area contributed by atoms with E-state index in [-0.39, 0.29) is 0 Å². The summed E-state index contributed by atoms with van der Waals surface area (Å²) in [5.74, 6) is 0. The molecule has 0 aliphatic carbocycles. The van der Waals surface area contributed by atoms with Crippen LogP contribution in [0.3, 0.4) is 0 Å². The molecule has 104 valence electrons. The fourth-order valence-electron chi connectivity index (χ4n) is 2.24. The maximum atomic E-state index is 6.18. The van der Waals surface area contributed by atoms with Crippen LogP contribution in [0.4, 0.5) is 11.4 Å². The van der Waals surface area contributed by atoms with E-state index in [1.165, 1.54) is 21.6 Å². The van der Waals surface area contributed by atoms with Crippen molar-refractivity contribution in [1.82, 2.24) is 0 Å². The summed E-state index contributed by atoms with van der Waals surface area (Å²) in [6, 6.07) is 12.3. The number of nitrogen functional groups attached to an aromatic ring is 2. The van der Waals surface area contributed by atoms with E-state index in [9.17, 15) is 0 Å². The largest absolute Gasteiger partial charge is 0.398 e. The number of hydrogen-bond acceptors (Lipinski definition) is 2. The zero-order valence-electron chi connectivity index (χ0n) is 12.6. The van der Waals surface area contributed by atoms with Gasteiger partial charge in [0.05, 0.1) is 0 Å². The van der Waals surface area contributed by atoms with Gasteiger partial charge in [0, 0.05) is 21.8 Å². The van der Waals surface area contributed by atoms with Crippen molar-refractivity contribution in [2.75, 3.05) is 11.5 Å². The van der Waals surface area contributed by atoms with Crippen LogP contribution in [0.2, 0.25) is 0 Å². The highest BCUT2D eigenvalue weighted by molar-refractivity contribution is 5.52. The molecule has 0 aliphatic heterocycles. The fraction of sp³-hybridized carbons (Fsp3) is 0.222. The van der Waals surface area contributed by atoms with Gasteiger partial charge in [-0.1, -0.05) is 35.4 Å². The van der Waals surface area contributed by atoms with Gasteiger partial charge < -0.3 is 11.5 Å². The van der Waals surface area contributed by atoms with Crippen molar-refractivity contribution in [1.29, 1.82) is 0 Å². The molecule has 0 amide bonds. The summed E-state index contributed by atoms with van der Waals surface area (Å²) >= 11 is 0. The molecule has 4 N–H and O–H groups in total. The Bertz CT molecular complexity index is 780. The lowest BCUT2D eigenvalue weighted by Gasteiger charge is -2.01. The van der Waals surface area contributed by atoms with Crippen LogP contribution in [0, 0.1) is 10.4 Å². The van der Waals surface area contributed by atoms with Gasteiger partial charge in [-0.3, -0.25) is 0 Å². The highest BCUT2D eigenvalue weighted by Gasteiger charge is 1.96. The molecule has 20 heavy (non-hydrogen) atoms. The summed E-state index contributed by atoms with van der Waals surface area (Å²) in [6.45, 7) is 8.32. The first-order valence-corrected chi connectivity index (χ1v) is 6.80. The van der Waals surface area contributed by atoms with Gasteiger partial charge in [-0.25, -0.2) is 0 Å². The Morgan fingerprint density at radius 2 is 1.00 bits per heavy atom. The Kier molecular flexibility index (Phi) is 3.84. The zero-order valence-corrected chi connectivity index (χ0v) is 12.6.